The van der Waals surface area contributed by atoms with Crippen molar-refractivity contribution in [2.45, 2.75) is 47.5 Å². The van der Waals surface area contributed by atoms with Crippen LogP contribution in [0.25, 0.3) is 10.8 Å². The average molecular weight is 231 g/mol. The Balaban J connectivity index is 0.000000581. The predicted molar refractivity (Wildman–Crippen MR) is 78.5 cm³/mol. The second kappa shape index (κ2) is 8.74. The van der Waals surface area contributed by atoms with Gasteiger partial charge in [0.1, 0.15) is 0 Å². The van der Waals surface area contributed by atoms with Crippen LogP contribution in [0.3, 0.4) is 0 Å². The summed E-state index contributed by atoms with van der Waals surface area (Å²) in [6, 6.07) is 8.47. The van der Waals surface area contributed by atoms with Crippen LogP contribution in [0.2, 0.25) is 0 Å². The lowest BCUT2D eigenvalue weighted by Crippen LogP contribution is -1.89. The fourth-order valence-electron chi connectivity index (χ4n) is 1.64. The first-order valence-corrected chi connectivity index (χ1v) is 6.61. The van der Waals surface area contributed by atoms with E-state index in [0.717, 1.165) is 0 Å². The normalized spacial score (nSPS) is 9.12. The number of hydrogen-bond acceptors (Lipinski definition) is 1. The molecular weight excluding hydrogens is 206 g/mol. The van der Waals surface area contributed by atoms with Gasteiger partial charge in [-0.3, -0.25) is 4.98 Å². The first kappa shape index (κ1) is 15.6. The van der Waals surface area contributed by atoms with E-state index in [9.17, 15) is 0 Å². The molecular formula is C16H25N. The molecule has 0 radical (unpaired) electrons. The van der Waals surface area contributed by atoms with Crippen molar-refractivity contribution >= 4 is 10.8 Å². The summed E-state index contributed by atoms with van der Waals surface area (Å²) in [6.45, 7) is 12.4. The van der Waals surface area contributed by atoms with Crippen molar-refractivity contribution in [3.05, 3.63) is 42.2 Å². The zero-order valence-electron chi connectivity index (χ0n) is 12.0. The Labute approximate surface area is 106 Å². The van der Waals surface area contributed by atoms with E-state index in [1.54, 1.807) is 0 Å². The summed E-state index contributed by atoms with van der Waals surface area (Å²) in [4.78, 5) is 4.16. The largest absolute Gasteiger partial charge is 0.264 e. The van der Waals surface area contributed by atoms with Crippen molar-refractivity contribution in [1.29, 1.82) is 0 Å². The van der Waals surface area contributed by atoms with Gasteiger partial charge in [0.25, 0.3) is 0 Å². The van der Waals surface area contributed by atoms with Gasteiger partial charge < -0.3 is 0 Å². The van der Waals surface area contributed by atoms with E-state index >= 15 is 0 Å². The Bertz CT molecular complexity index is 413. The third-order valence-electron chi connectivity index (χ3n) is 2.34. The van der Waals surface area contributed by atoms with Crippen LogP contribution in [-0.2, 0) is 0 Å². The smallest absolute Gasteiger partial charge is 0.0349 e. The molecule has 1 aromatic carbocycles. The molecule has 0 aliphatic rings. The number of aromatic nitrogens is 1. The fourth-order valence-corrected chi connectivity index (χ4v) is 1.64. The number of pyridine rings is 1. The Morgan fingerprint density at radius 1 is 0.941 bits per heavy atom. The number of hydrogen-bond donors (Lipinski definition) is 0. The molecule has 0 aliphatic heterocycles. The molecule has 0 atom stereocenters. The number of benzene rings is 1. The van der Waals surface area contributed by atoms with Crippen molar-refractivity contribution in [2.75, 3.05) is 0 Å². The summed E-state index contributed by atoms with van der Waals surface area (Å²) in [5.74, 6) is 0.563. The standard InChI is InChI=1S/C12H13N.2C2H6/c1-9(2)11-5-3-4-10-6-7-13-8-12(10)11;2*1-2/h3-9H,1-2H3;2*1-2H3. The van der Waals surface area contributed by atoms with Gasteiger partial charge in [0, 0.05) is 17.8 Å². The highest BCUT2D eigenvalue weighted by Gasteiger charge is 2.03. The van der Waals surface area contributed by atoms with Gasteiger partial charge in [-0.25, -0.2) is 0 Å². The predicted octanol–water partition coefficient (Wildman–Crippen LogP) is 5.41. The Morgan fingerprint density at radius 2 is 1.59 bits per heavy atom. The molecule has 0 bridgehead atoms. The molecule has 17 heavy (non-hydrogen) atoms. The van der Waals surface area contributed by atoms with Gasteiger partial charge in [-0.05, 0) is 22.9 Å². The van der Waals surface area contributed by atoms with Crippen LogP contribution in [0.4, 0.5) is 0 Å². The summed E-state index contributed by atoms with van der Waals surface area (Å²) in [5.41, 5.74) is 1.38. The van der Waals surface area contributed by atoms with E-state index in [2.05, 4.69) is 43.1 Å². The van der Waals surface area contributed by atoms with Gasteiger partial charge in [-0.2, -0.15) is 0 Å². The lowest BCUT2D eigenvalue weighted by atomic mass is 9.98. The second-order valence-electron chi connectivity index (χ2n) is 3.60. The van der Waals surface area contributed by atoms with Crippen LogP contribution in [-0.4, -0.2) is 4.98 Å². The Hall–Kier alpha value is -1.37. The topological polar surface area (TPSA) is 12.9 Å². The van der Waals surface area contributed by atoms with E-state index in [4.69, 9.17) is 0 Å². The minimum Gasteiger partial charge on any atom is -0.264 e. The van der Waals surface area contributed by atoms with E-state index in [-0.39, 0.29) is 0 Å². The van der Waals surface area contributed by atoms with E-state index in [1.807, 2.05) is 40.1 Å². The third-order valence-corrected chi connectivity index (χ3v) is 2.34. The molecule has 0 unspecified atom stereocenters. The van der Waals surface area contributed by atoms with Gasteiger partial charge in [0.05, 0.1) is 0 Å². The first-order chi connectivity index (χ1) is 8.29. The monoisotopic (exact) mass is 231 g/mol. The number of rotatable bonds is 1. The summed E-state index contributed by atoms with van der Waals surface area (Å²) in [5, 5.41) is 2.56. The minimum absolute atomic E-state index is 0.563. The van der Waals surface area contributed by atoms with Crippen LogP contribution >= 0.6 is 0 Å². The van der Waals surface area contributed by atoms with Crippen molar-refractivity contribution in [2.24, 2.45) is 0 Å². The lowest BCUT2D eigenvalue weighted by Gasteiger charge is -2.08. The van der Waals surface area contributed by atoms with E-state index in [1.165, 1.54) is 16.3 Å². The molecule has 1 aromatic heterocycles. The molecule has 0 fully saturated rings. The first-order valence-electron chi connectivity index (χ1n) is 6.61. The van der Waals surface area contributed by atoms with Crippen LogP contribution in [0, 0.1) is 0 Å². The van der Waals surface area contributed by atoms with Gasteiger partial charge >= 0.3 is 0 Å². The summed E-state index contributed by atoms with van der Waals surface area (Å²) < 4.78 is 0. The molecule has 2 aromatic rings. The quantitative estimate of drug-likeness (QED) is 0.639. The SMILES string of the molecule is CC.CC.CC(C)c1cccc2ccncc12. The van der Waals surface area contributed by atoms with Crippen LogP contribution in [0.15, 0.2) is 36.7 Å². The van der Waals surface area contributed by atoms with Gasteiger partial charge in [0.15, 0.2) is 0 Å². The minimum atomic E-state index is 0.563. The molecule has 0 saturated carbocycles. The fraction of sp³-hybridized carbons (Fsp3) is 0.438. The molecule has 2 rings (SSSR count). The van der Waals surface area contributed by atoms with Gasteiger partial charge in [0.2, 0.25) is 0 Å². The second-order valence-corrected chi connectivity index (χ2v) is 3.60. The van der Waals surface area contributed by atoms with Crippen molar-refractivity contribution in [3.8, 4) is 0 Å². The van der Waals surface area contributed by atoms with Crippen LogP contribution in [0.1, 0.15) is 53.0 Å². The summed E-state index contributed by atoms with van der Waals surface area (Å²) >= 11 is 0. The highest BCUT2D eigenvalue weighted by Crippen LogP contribution is 2.23. The molecule has 94 valence electrons. The van der Waals surface area contributed by atoms with E-state index in [0.29, 0.717) is 5.92 Å². The molecule has 1 nitrogen and oxygen atoms in total. The Morgan fingerprint density at radius 3 is 2.18 bits per heavy atom. The molecule has 1 heterocycles. The molecule has 0 amide bonds. The zero-order valence-corrected chi connectivity index (χ0v) is 12.0. The Kier molecular flexibility index (Phi) is 8.04. The zero-order chi connectivity index (χ0) is 13.3. The summed E-state index contributed by atoms with van der Waals surface area (Å²) in [7, 11) is 0. The number of nitrogens with zero attached hydrogens (tertiary/aromatic N) is 1. The number of fused-ring (bicyclic) bond motifs is 1. The third kappa shape index (κ3) is 4.18. The molecule has 1 heteroatoms. The highest BCUT2D eigenvalue weighted by atomic mass is 14.6. The molecule has 0 spiro atoms. The van der Waals surface area contributed by atoms with Crippen molar-refractivity contribution < 1.29 is 0 Å². The van der Waals surface area contributed by atoms with Gasteiger partial charge in [-0.15, -0.1) is 0 Å². The average Bonchev–Trinajstić information content (AvgIpc) is 2.42. The maximum Gasteiger partial charge on any atom is 0.0349 e. The van der Waals surface area contributed by atoms with Gasteiger partial charge in [-0.1, -0.05) is 59.7 Å². The van der Waals surface area contributed by atoms with Crippen molar-refractivity contribution in [1.82, 2.24) is 4.98 Å². The highest BCUT2D eigenvalue weighted by molar-refractivity contribution is 5.85. The van der Waals surface area contributed by atoms with Crippen LogP contribution in [0.5, 0.6) is 0 Å². The lowest BCUT2D eigenvalue weighted by molar-refractivity contribution is 0.876. The maximum atomic E-state index is 4.16. The molecule has 0 saturated heterocycles. The van der Waals surface area contributed by atoms with E-state index < -0.39 is 0 Å². The van der Waals surface area contributed by atoms with Crippen molar-refractivity contribution in [3.63, 3.8) is 0 Å². The summed E-state index contributed by atoms with van der Waals surface area (Å²) in [6.07, 6.45) is 3.79. The molecule has 0 N–H and O–H groups in total. The molecule has 0 aliphatic carbocycles. The maximum absolute atomic E-state index is 4.16. The van der Waals surface area contributed by atoms with Crippen LogP contribution < -0.4 is 0 Å².